The van der Waals surface area contributed by atoms with Crippen LogP contribution >= 0.6 is 0 Å². The van der Waals surface area contributed by atoms with E-state index in [0.29, 0.717) is 93.5 Å². The van der Waals surface area contributed by atoms with E-state index in [-0.39, 0.29) is 52.4 Å². The van der Waals surface area contributed by atoms with Gasteiger partial charge in [0.25, 0.3) is 0 Å². The minimum absolute atomic E-state index is 0.0330. The molecule has 4 heterocycles. The number of fused-ring (bicyclic) bond motifs is 3. The Balaban J connectivity index is 0.000000135. The van der Waals surface area contributed by atoms with Gasteiger partial charge in [0.05, 0.1) is 45.2 Å². The maximum atomic E-state index is 13.7. The quantitative estimate of drug-likeness (QED) is 0.111. The second kappa shape index (κ2) is 26.0. The van der Waals surface area contributed by atoms with Gasteiger partial charge in [-0.15, -0.1) is 0 Å². The number of cyclic esters (lactones) is 1. The van der Waals surface area contributed by atoms with Crippen molar-refractivity contribution in [2.45, 2.75) is 347 Å². The average Bonchev–Trinajstić information content (AvgIpc) is 1.42. The lowest BCUT2D eigenvalue weighted by Crippen LogP contribution is -2.61. The van der Waals surface area contributed by atoms with Gasteiger partial charge in [-0.05, 0) is 245 Å². The smallest absolute Gasteiger partial charge is 0.350 e. The third-order valence-electron chi connectivity index (χ3n) is 25.5. The molecule has 95 heavy (non-hydrogen) atoms. The van der Waals surface area contributed by atoms with Gasteiger partial charge >= 0.3 is 47.8 Å². The van der Waals surface area contributed by atoms with Gasteiger partial charge in [0, 0.05) is 25.7 Å². The van der Waals surface area contributed by atoms with Crippen LogP contribution in [0.3, 0.4) is 0 Å². The zero-order chi connectivity index (χ0) is 68.9. The SMILES string of the molecule is CCC(C)(C)C(=O)OC1(C)CCCCC1.CCC(C)(C)C(=O)OC12CC3CC(C1)CC(C(=O)OC1CCOC1=O)(C3)C2.CCC(C)(C)C(=O)OC12CC3CC(CC(O)(C3)C1)C2.CCC(C)C(=O)OC12CC3CC(C1)CC(C(=O)OC1C(=O)OC4C5OC(C)(C)OC5OC14)(C3)C2. The number of carbonyl (C=O) groups excluding carboxylic acids is 8. The van der Waals surface area contributed by atoms with Crippen LogP contribution in [0.1, 0.15) is 277 Å². The number of aliphatic hydroxyl groups is 1. The van der Waals surface area contributed by atoms with Gasteiger partial charge < -0.3 is 57.2 Å². The van der Waals surface area contributed by atoms with Crippen LogP contribution in [0.15, 0.2) is 0 Å². The molecule has 17 fully saturated rings. The van der Waals surface area contributed by atoms with Gasteiger partial charge in [-0.3, -0.25) is 28.8 Å². The Hall–Kier alpha value is -4.40. The van der Waals surface area contributed by atoms with Crippen molar-refractivity contribution in [3.8, 4) is 0 Å². The first kappa shape index (κ1) is 71.9. The third kappa shape index (κ3) is 14.7. The summed E-state index contributed by atoms with van der Waals surface area (Å²) in [6.07, 6.45) is 19.7. The summed E-state index contributed by atoms with van der Waals surface area (Å²) in [5.74, 6) is -0.736. The summed E-state index contributed by atoms with van der Waals surface area (Å²) in [5, 5.41) is 10.6. The first-order valence-corrected chi connectivity index (χ1v) is 36.8. The molecule has 1 N–H and O–H groups in total. The molecule has 20 nitrogen and oxygen atoms in total. The van der Waals surface area contributed by atoms with Gasteiger partial charge in [-0.2, -0.15) is 0 Å². The third-order valence-corrected chi connectivity index (χ3v) is 25.5. The van der Waals surface area contributed by atoms with Crippen LogP contribution in [0.2, 0.25) is 0 Å². The van der Waals surface area contributed by atoms with E-state index in [2.05, 4.69) is 6.92 Å². The fourth-order valence-electron chi connectivity index (χ4n) is 20.1. The number of ether oxygens (including phenoxy) is 11. The van der Waals surface area contributed by atoms with E-state index in [9.17, 15) is 43.5 Å². The standard InChI is InChI=1S/C25H34O9.C21H30O6.C16H26O3.C13H24O2/c1-5-12(2)19(26)33-25-9-13-6-14(10-25)8-24(7-13,11-25)22(28)31-17-15-16(29-20(17)27)18-21(30-15)34-23(3,4)32-18;1-4-19(2,3)17(23)27-21-10-13-7-14(11-21)9-20(8-13,12-21)18(24)26-15-5-6-25-16(15)22;1-4-14(2,3)13(17)19-16-8-11-5-12(9-16)7-15(18,6-11)10-16;1-5-12(2,3)11(14)15-13(4)9-7-6-8-10-13/h12-18,21H,5-11H2,1-4H3;13-15H,4-12H2,1-3H3;11-12,18H,4-10H2,1-3H3;5-10H2,1-4H3. The molecule has 13 aliphatic carbocycles. The molecule has 4 saturated heterocycles. The van der Waals surface area contributed by atoms with Crippen LogP contribution in [-0.2, 0) is 90.5 Å². The molecule has 0 aromatic carbocycles. The van der Waals surface area contributed by atoms with E-state index < -0.39 is 99.0 Å². The van der Waals surface area contributed by atoms with Crippen molar-refractivity contribution in [1.29, 1.82) is 0 Å². The average molecular weight is 1340 g/mol. The van der Waals surface area contributed by atoms with E-state index in [1.54, 1.807) is 13.8 Å². The van der Waals surface area contributed by atoms with Crippen LogP contribution in [0, 0.1) is 68.5 Å². The van der Waals surface area contributed by atoms with Gasteiger partial charge in [-0.1, -0.05) is 41.0 Å². The van der Waals surface area contributed by atoms with Crippen molar-refractivity contribution in [3.05, 3.63) is 0 Å². The number of hydrogen-bond donors (Lipinski definition) is 1. The second-order valence-corrected chi connectivity index (χ2v) is 35.5. The van der Waals surface area contributed by atoms with Crippen LogP contribution < -0.4 is 0 Å². The molecule has 17 rings (SSSR count). The predicted octanol–water partition coefficient (Wildman–Crippen LogP) is 12.5. The Morgan fingerprint density at radius 1 is 0.537 bits per heavy atom. The molecular formula is C75H114O20. The minimum atomic E-state index is -1.15. The molecule has 0 amide bonds. The Labute approximate surface area is 563 Å². The Bertz CT molecular complexity index is 2890. The van der Waals surface area contributed by atoms with Crippen molar-refractivity contribution >= 4 is 47.8 Å². The number of carbonyl (C=O) groups is 8. The monoisotopic (exact) mass is 1330 g/mol. The first-order chi connectivity index (χ1) is 44.3. The Morgan fingerprint density at radius 3 is 1.42 bits per heavy atom. The fraction of sp³-hybridized carbons (Fsp3) is 0.893. The first-order valence-electron chi connectivity index (χ1n) is 36.8. The molecule has 13 unspecified atom stereocenters. The van der Waals surface area contributed by atoms with Crippen molar-refractivity contribution in [1.82, 2.24) is 0 Å². The summed E-state index contributed by atoms with van der Waals surface area (Å²) in [5.41, 5.74) is -4.91. The molecular weight excluding hydrogens is 1220 g/mol. The summed E-state index contributed by atoms with van der Waals surface area (Å²) in [7, 11) is 0. The minimum Gasteiger partial charge on any atom is -0.463 e. The summed E-state index contributed by atoms with van der Waals surface area (Å²) in [6.45, 7) is 27.5. The summed E-state index contributed by atoms with van der Waals surface area (Å²) in [6, 6.07) is 0. The van der Waals surface area contributed by atoms with Crippen LogP contribution in [0.4, 0.5) is 0 Å². The Kier molecular flexibility index (Phi) is 19.6. The van der Waals surface area contributed by atoms with Gasteiger partial charge in [0.2, 0.25) is 12.2 Å². The van der Waals surface area contributed by atoms with Crippen LogP contribution in [-0.4, -0.2) is 130 Å². The molecule has 4 aliphatic heterocycles. The van der Waals surface area contributed by atoms with Crippen LogP contribution in [0.5, 0.6) is 0 Å². The molecule has 17 aliphatic rings. The zero-order valence-corrected chi connectivity index (χ0v) is 59.7. The lowest BCUT2D eigenvalue weighted by atomic mass is 9.48. The predicted molar refractivity (Wildman–Crippen MR) is 343 cm³/mol. The van der Waals surface area contributed by atoms with Crippen molar-refractivity contribution in [2.24, 2.45) is 68.5 Å². The molecule has 0 aromatic rings. The van der Waals surface area contributed by atoms with Crippen molar-refractivity contribution in [2.75, 3.05) is 6.61 Å². The molecule has 13 atom stereocenters. The van der Waals surface area contributed by atoms with E-state index in [0.717, 1.165) is 103 Å². The molecule has 20 heteroatoms. The largest absolute Gasteiger partial charge is 0.463 e. The molecule has 534 valence electrons. The van der Waals surface area contributed by atoms with Gasteiger partial charge in [0.15, 0.2) is 24.3 Å². The van der Waals surface area contributed by atoms with Gasteiger partial charge in [-0.25, -0.2) is 9.59 Å². The Morgan fingerprint density at radius 2 is 0.979 bits per heavy atom. The van der Waals surface area contributed by atoms with Crippen molar-refractivity contribution in [3.63, 3.8) is 0 Å². The van der Waals surface area contributed by atoms with Crippen LogP contribution in [0.25, 0.3) is 0 Å². The maximum Gasteiger partial charge on any atom is 0.350 e. The van der Waals surface area contributed by atoms with E-state index in [4.69, 9.17) is 52.1 Å². The molecule has 0 radical (unpaired) electrons. The highest BCUT2D eigenvalue weighted by atomic mass is 16.9. The topological polar surface area (TPSA) is 258 Å². The number of hydrogen-bond acceptors (Lipinski definition) is 20. The summed E-state index contributed by atoms with van der Waals surface area (Å²) in [4.78, 5) is 101. The number of esters is 8. The maximum absolute atomic E-state index is 13.7. The normalized spacial score (nSPS) is 40.8. The fourth-order valence-corrected chi connectivity index (χ4v) is 20.1. The van der Waals surface area contributed by atoms with Gasteiger partial charge in [0.1, 0.15) is 28.5 Å². The highest BCUT2D eigenvalue weighted by Gasteiger charge is 2.69. The lowest BCUT2D eigenvalue weighted by molar-refractivity contribution is -0.226. The lowest BCUT2D eigenvalue weighted by Gasteiger charge is -2.60. The number of rotatable bonds is 16. The highest BCUT2D eigenvalue weighted by Crippen LogP contribution is 2.66. The summed E-state index contributed by atoms with van der Waals surface area (Å²) < 4.78 is 63.3. The van der Waals surface area contributed by atoms with Crippen molar-refractivity contribution < 1.29 is 95.6 Å². The molecule has 0 spiro atoms. The van der Waals surface area contributed by atoms with E-state index in [1.807, 2.05) is 76.2 Å². The highest BCUT2D eigenvalue weighted by molar-refractivity contribution is 5.86. The van der Waals surface area contributed by atoms with E-state index in [1.165, 1.54) is 25.7 Å². The summed E-state index contributed by atoms with van der Waals surface area (Å²) >= 11 is 0. The molecule has 12 bridgehead atoms. The van der Waals surface area contributed by atoms with E-state index >= 15 is 0 Å². The zero-order valence-electron chi connectivity index (χ0n) is 59.7. The molecule has 13 saturated carbocycles. The molecule has 0 aromatic heterocycles. The second-order valence-electron chi connectivity index (χ2n) is 35.5.